The number of H-pyrrole nitrogens is 1. The molecular weight excluding hydrogens is 348 g/mol. The van der Waals surface area contributed by atoms with Crippen molar-refractivity contribution in [1.29, 1.82) is 0 Å². The fourth-order valence-electron chi connectivity index (χ4n) is 3.83. The highest BCUT2D eigenvalue weighted by Gasteiger charge is 2.18. The summed E-state index contributed by atoms with van der Waals surface area (Å²) in [6.07, 6.45) is 9.95. The molecule has 0 atom stereocenters. The van der Waals surface area contributed by atoms with E-state index < -0.39 is 5.97 Å². The molecule has 3 aromatic heterocycles. The predicted molar refractivity (Wildman–Crippen MR) is 98.2 cm³/mol. The second-order valence-electron chi connectivity index (χ2n) is 7.17. The van der Waals surface area contributed by atoms with E-state index in [0.717, 1.165) is 6.42 Å². The van der Waals surface area contributed by atoms with Crippen molar-refractivity contribution in [3.63, 3.8) is 0 Å². The standard InChI is InChI=1S/C18H22N6O3/c1-11-14-15(23(22-11)8-7-12-5-3-2-4-6-12)16(25)21-18(20-14)24-10-13(9-19-24)17(26)27/h9-10,12H,2-8H2,1H3,(H,26,27)(H,20,21,25). The second kappa shape index (κ2) is 6.98. The Morgan fingerprint density at radius 2 is 2.11 bits per heavy atom. The molecule has 1 saturated carbocycles. The second-order valence-corrected chi connectivity index (χ2v) is 7.17. The van der Waals surface area contributed by atoms with Crippen molar-refractivity contribution in [1.82, 2.24) is 29.5 Å². The van der Waals surface area contributed by atoms with E-state index >= 15 is 0 Å². The van der Waals surface area contributed by atoms with Crippen molar-refractivity contribution in [3.05, 3.63) is 34.0 Å². The number of nitrogens with zero attached hydrogens (tertiary/aromatic N) is 5. The minimum absolute atomic E-state index is 0.0256. The number of hydrogen-bond donors (Lipinski definition) is 2. The van der Waals surface area contributed by atoms with E-state index in [9.17, 15) is 9.59 Å². The average molecular weight is 370 g/mol. The van der Waals surface area contributed by atoms with E-state index in [1.165, 1.54) is 49.2 Å². The van der Waals surface area contributed by atoms with Crippen molar-refractivity contribution in [2.75, 3.05) is 0 Å². The summed E-state index contributed by atoms with van der Waals surface area (Å²) in [5, 5.41) is 17.5. The molecule has 9 heteroatoms. The van der Waals surface area contributed by atoms with E-state index in [0.29, 0.717) is 29.2 Å². The van der Waals surface area contributed by atoms with Gasteiger partial charge in [0.2, 0.25) is 5.95 Å². The monoisotopic (exact) mass is 370 g/mol. The van der Waals surface area contributed by atoms with Gasteiger partial charge in [-0.2, -0.15) is 10.2 Å². The summed E-state index contributed by atoms with van der Waals surface area (Å²) >= 11 is 0. The lowest BCUT2D eigenvalue weighted by molar-refractivity contribution is 0.0697. The van der Waals surface area contributed by atoms with Crippen LogP contribution in [-0.4, -0.2) is 40.6 Å². The summed E-state index contributed by atoms with van der Waals surface area (Å²) in [5.41, 5.74) is 1.37. The number of carbonyl (C=O) groups is 1. The number of aromatic nitrogens is 6. The Bertz CT molecular complexity index is 1040. The van der Waals surface area contributed by atoms with Gasteiger partial charge in [0.15, 0.2) is 5.52 Å². The Morgan fingerprint density at radius 3 is 2.81 bits per heavy atom. The first kappa shape index (κ1) is 17.4. The number of aryl methyl sites for hydroxylation is 2. The van der Waals surface area contributed by atoms with Crippen LogP contribution in [0.2, 0.25) is 0 Å². The van der Waals surface area contributed by atoms with Gasteiger partial charge in [-0.3, -0.25) is 14.5 Å². The maximum Gasteiger partial charge on any atom is 0.338 e. The summed E-state index contributed by atoms with van der Waals surface area (Å²) in [6, 6.07) is 0. The molecule has 0 radical (unpaired) electrons. The Balaban J connectivity index is 1.65. The van der Waals surface area contributed by atoms with Crippen molar-refractivity contribution in [3.8, 4) is 5.95 Å². The summed E-state index contributed by atoms with van der Waals surface area (Å²) in [5.74, 6) is -0.213. The van der Waals surface area contributed by atoms with Gasteiger partial charge >= 0.3 is 5.97 Å². The van der Waals surface area contributed by atoms with Crippen LogP contribution >= 0.6 is 0 Å². The van der Waals surface area contributed by atoms with Crippen molar-refractivity contribution in [2.24, 2.45) is 5.92 Å². The van der Waals surface area contributed by atoms with Crippen LogP contribution in [0.15, 0.2) is 17.2 Å². The van der Waals surface area contributed by atoms with Gasteiger partial charge in [0, 0.05) is 12.7 Å². The van der Waals surface area contributed by atoms with Gasteiger partial charge in [0.25, 0.3) is 5.56 Å². The molecule has 0 spiro atoms. The minimum Gasteiger partial charge on any atom is -0.478 e. The van der Waals surface area contributed by atoms with Gasteiger partial charge in [-0.1, -0.05) is 32.1 Å². The fraction of sp³-hybridized carbons (Fsp3) is 0.500. The summed E-state index contributed by atoms with van der Waals surface area (Å²) in [7, 11) is 0. The van der Waals surface area contributed by atoms with E-state index in [-0.39, 0.29) is 17.1 Å². The Hall–Kier alpha value is -2.97. The topological polar surface area (TPSA) is 119 Å². The molecule has 3 aromatic rings. The molecule has 27 heavy (non-hydrogen) atoms. The molecule has 4 rings (SSSR count). The van der Waals surface area contributed by atoms with Crippen molar-refractivity contribution >= 4 is 17.0 Å². The van der Waals surface area contributed by atoms with E-state index in [1.807, 2.05) is 6.92 Å². The highest BCUT2D eigenvalue weighted by Crippen LogP contribution is 2.27. The highest BCUT2D eigenvalue weighted by atomic mass is 16.4. The third-order valence-electron chi connectivity index (χ3n) is 5.27. The van der Waals surface area contributed by atoms with Crippen LogP contribution in [0.25, 0.3) is 17.0 Å². The fourth-order valence-corrected chi connectivity index (χ4v) is 3.83. The van der Waals surface area contributed by atoms with Crippen LogP contribution in [0.3, 0.4) is 0 Å². The Labute approximate surface area is 155 Å². The zero-order valence-electron chi connectivity index (χ0n) is 15.2. The van der Waals surface area contributed by atoms with Crippen LogP contribution < -0.4 is 5.56 Å². The molecule has 0 aliphatic heterocycles. The summed E-state index contributed by atoms with van der Waals surface area (Å²) in [4.78, 5) is 30.9. The van der Waals surface area contributed by atoms with Gasteiger partial charge in [-0.25, -0.2) is 14.5 Å². The summed E-state index contributed by atoms with van der Waals surface area (Å²) < 4.78 is 3.00. The molecule has 0 saturated heterocycles. The predicted octanol–water partition coefficient (Wildman–Crippen LogP) is 2.28. The number of hydrogen-bond acceptors (Lipinski definition) is 5. The van der Waals surface area contributed by atoms with Gasteiger partial charge in [-0.15, -0.1) is 0 Å². The van der Waals surface area contributed by atoms with Crippen LogP contribution in [-0.2, 0) is 6.54 Å². The number of aromatic amines is 1. The normalized spacial score (nSPS) is 15.4. The van der Waals surface area contributed by atoms with Crippen LogP contribution in [0.1, 0.15) is 54.6 Å². The lowest BCUT2D eigenvalue weighted by Crippen LogP contribution is -2.18. The van der Waals surface area contributed by atoms with Gasteiger partial charge in [0.05, 0.1) is 17.5 Å². The first-order valence-corrected chi connectivity index (χ1v) is 9.28. The zero-order valence-corrected chi connectivity index (χ0v) is 15.2. The number of fused-ring (bicyclic) bond motifs is 1. The summed E-state index contributed by atoms with van der Waals surface area (Å²) in [6.45, 7) is 2.52. The maximum absolute atomic E-state index is 12.7. The van der Waals surface area contributed by atoms with Crippen LogP contribution in [0.4, 0.5) is 0 Å². The van der Waals surface area contributed by atoms with Gasteiger partial charge in [0.1, 0.15) is 5.52 Å². The average Bonchev–Trinajstić information content (AvgIpc) is 3.27. The van der Waals surface area contributed by atoms with Crippen LogP contribution in [0.5, 0.6) is 0 Å². The molecule has 0 aromatic carbocycles. The molecule has 2 N–H and O–H groups in total. The quantitative estimate of drug-likeness (QED) is 0.711. The largest absolute Gasteiger partial charge is 0.478 e. The third kappa shape index (κ3) is 3.36. The first-order valence-electron chi connectivity index (χ1n) is 9.28. The molecule has 0 bridgehead atoms. The highest BCUT2D eigenvalue weighted by molar-refractivity contribution is 5.87. The molecular formula is C18H22N6O3. The van der Waals surface area contributed by atoms with E-state index in [4.69, 9.17) is 5.11 Å². The molecule has 0 amide bonds. The molecule has 1 aliphatic rings. The number of carboxylic acids is 1. The maximum atomic E-state index is 12.7. The smallest absolute Gasteiger partial charge is 0.338 e. The minimum atomic E-state index is -1.09. The molecule has 142 valence electrons. The lowest BCUT2D eigenvalue weighted by atomic mass is 9.87. The first-order chi connectivity index (χ1) is 13.0. The molecule has 9 nitrogen and oxygen atoms in total. The number of aromatic carboxylic acids is 1. The van der Waals surface area contributed by atoms with Crippen LogP contribution in [0, 0.1) is 12.8 Å². The third-order valence-corrected chi connectivity index (χ3v) is 5.27. The SMILES string of the molecule is Cc1nn(CCC2CCCCC2)c2c(=O)[nH]c(-n3cc(C(=O)O)cn3)nc12. The molecule has 1 aliphatic carbocycles. The van der Waals surface area contributed by atoms with E-state index in [1.54, 1.807) is 4.68 Å². The van der Waals surface area contributed by atoms with Gasteiger partial charge in [-0.05, 0) is 19.3 Å². The van der Waals surface area contributed by atoms with E-state index in [2.05, 4.69) is 20.2 Å². The van der Waals surface area contributed by atoms with Crippen molar-refractivity contribution < 1.29 is 9.90 Å². The molecule has 1 fully saturated rings. The number of carboxylic acid groups (broad SMARTS) is 1. The van der Waals surface area contributed by atoms with Crippen molar-refractivity contribution in [2.45, 2.75) is 52.0 Å². The Kier molecular flexibility index (Phi) is 4.51. The zero-order chi connectivity index (χ0) is 19.0. The number of nitrogens with one attached hydrogen (secondary N) is 1. The molecule has 3 heterocycles. The lowest BCUT2D eigenvalue weighted by Gasteiger charge is -2.21. The van der Waals surface area contributed by atoms with Gasteiger partial charge < -0.3 is 5.11 Å². The number of rotatable bonds is 5. The molecule has 0 unspecified atom stereocenters. The Morgan fingerprint density at radius 1 is 1.33 bits per heavy atom.